The van der Waals surface area contributed by atoms with E-state index < -0.39 is 10.0 Å². The van der Waals surface area contributed by atoms with Crippen molar-refractivity contribution in [1.29, 1.82) is 0 Å². The Morgan fingerprint density at radius 3 is 2.35 bits per heavy atom. The molecule has 0 aromatic heterocycles. The molecule has 0 aliphatic heterocycles. The number of benzene rings is 1. The smallest absolute Gasteiger partial charge is 0.240 e. The van der Waals surface area contributed by atoms with Crippen LogP contribution in [0.2, 0.25) is 0 Å². The number of aliphatic hydroxyl groups excluding tert-OH is 1. The Morgan fingerprint density at radius 2 is 1.75 bits per heavy atom. The third-order valence-electron chi connectivity index (χ3n) is 3.92. The van der Waals surface area contributed by atoms with E-state index >= 15 is 0 Å². The summed E-state index contributed by atoms with van der Waals surface area (Å²) in [4.78, 5) is 0.301. The zero-order valence-electron chi connectivity index (χ0n) is 11.7. The minimum atomic E-state index is -3.40. The molecule has 0 unspecified atom stereocenters. The topological polar surface area (TPSA) is 66.4 Å². The van der Waals surface area contributed by atoms with E-state index in [9.17, 15) is 8.42 Å². The van der Waals surface area contributed by atoms with Gasteiger partial charge in [-0.3, -0.25) is 0 Å². The third kappa shape index (κ3) is 4.30. The van der Waals surface area contributed by atoms with Crippen LogP contribution in [0.4, 0.5) is 0 Å². The van der Waals surface area contributed by atoms with Crippen molar-refractivity contribution in [2.24, 2.45) is 5.92 Å². The highest BCUT2D eigenvalue weighted by Crippen LogP contribution is 2.23. The summed E-state index contributed by atoms with van der Waals surface area (Å²) in [6, 6.07) is 6.72. The van der Waals surface area contributed by atoms with Crippen molar-refractivity contribution in [3.63, 3.8) is 0 Å². The predicted octanol–water partition coefficient (Wildman–Crippen LogP) is 2.08. The van der Waals surface area contributed by atoms with Crippen LogP contribution in [0.3, 0.4) is 0 Å². The van der Waals surface area contributed by atoms with E-state index in [1.54, 1.807) is 24.3 Å². The minimum Gasteiger partial charge on any atom is -0.396 e. The van der Waals surface area contributed by atoms with Gasteiger partial charge in [-0.05, 0) is 42.9 Å². The second kappa shape index (κ2) is 7.20. The number of aliphatic hydroxyl groups is 1. The van der Waals surface area contributed by atoms with Gasteiger partial charge in [-0.25, -0.2) is 13.1 Å². The monoisotopic (exact) mass is 297 g/mol. The molecule has 1 aliphatic carbocycles. The molecule has 1 aromatic carbocycles. The molecule has 2 rings (SSSR count). The van der Waals surface area contributed by atoms with Crippen molar-refractivity contribution in [2.45, 2.75) is 43.4 Å². The molecule has 5 heteroatoms. The molecule has 1 saturated carbocycles. The molecule has 20 heavy (non-hydrogen) atoms. The fourth-order valence-corrected chi connectivity index (χ4v) is 3.78. The highest BCUT2D eigenvalue weighted by Gasteiger charge is 2.18. The molecular formula is C15H23NO3S. The molecule has 4 nitrogen and oxygen atoms in total. The third-order valence-corrected chi connectivity index (χ3v) is 5.36. The van der Waals surface area contributed by atoms with E-state index in [1.165, 1.54) is 19.3 Å². The van der Waals surface area contributed by atoms with E-state index in [2.05, 4.69) is 4.72 Å². The summed E-state index contributed by atoms with van der Waals surface area (Å²) in [5, 5.41) is 8.85. The van der Waals surface area contributed by atoms with Crippen molar-refractivity contribution < 1.29 is 13.5 Å². The van der Waals surface area contributed by atoms with E-state index in [0.717, 1.165) is 18.4 Å². The van der Waals surface area contributed by atoms with E-state index in [4.69, 9.17) is 5.11 Å². The summed E-state index contributed by atoms with van der Waals surface area (Å²) in [6.45, 7) is 0.618. The average Bonchev–Trinajstić information content (AvgIpc) is 2.47. The van der Waals surface area contributed by atoms with E-state index in [1.807, 2.05) is 0 Å². The number of hydrogen-bond acceptors (Lipinski definition) is 3. The minimum absolute atomic E-state index is 0.0754. The molecule has 0 saturated heterocycles. The molecule has 0 spiro atoms. The summed E-state index contributed by atoms with van der Waals surface area (Å²) in [6.07, 6.45) is 6.49. The molecule has 1 aliphatic rings. The summed E-state index contributed by atoms with van der Waals surface area (Å²) in [7, 11) is -3.40. The number of nitrogens with one attached hydrogen (secondary N) is 1. The van der Waals surface area contributed by atoms with Gasteiger partial charge in [-0.15, -0.1) is 0 Å². The number of sulfonamides is 1. The maximum atomic E-state index is 12.2. The van der Waals surface area contributed by atoms with Crippen LogP contribution in [0.5, 0.6) is 0 Å². The zero-order valence-corrected chi connectivity index (χ0v) is 12.5. The van der Waals surface area contributed by atoms with Crippen LogP contribution in [0.15, 0.2) is 29.2 Å². The molecule has 2 N–H and O–H groups in total. The van der Waals surface area contributed by atoms with E-state index in [-0.39, 0.29) is 6.61 Å². The predicted molar refractivity (Wildman–Crippen MR) is 79.0 cm³/mol. The molecule has 0 radical (unpaired) electrons. The van der Waals surface area contributed by atoms with Crippen LogP contribution in [-0.2, 0) is 16.4 Å². The molecular weight excluding hydrogens is 274 g/mol. The second-order valence-corrected chi connectivity index (χ2v) is 7.24. The molecule has 112 valence electrons. The van der Waals surface area contributed by atoms with Gasteiger partial charge < -0.3 is 5.11 Å². The highest BCUT2D eigenvalue weighted by molar-refractivity contribution is 7.89. The quantitative estimate of drug-likeness (QED) is 0.845. The van der Waals surface area contributed by atoms with Crippen molar-refractivity contribution in [1.82, 2.24) is 4.72 Å². The first-order chi connectivity index (χ1) is 9.62. The molecule has 0 atom stereocenters. The average molecular weight is 297 g/mol. The molecule has 1 fully saturated rings. The first-order valence-electron chi connectivity index (χ1n) is 7.31. The van der Waals surface area contributed by atoms with Gasteiger partial charge in [0.1, 0.15) is 0 Å². The fourth-order valence-electron chi connectivity index (χ4n) is 2.67. The van der Waals surface area contributed by atoms with Crippen LogP contribution < -0.4 is 4.72 Å². The van der Waals surface area contributed by atoms with E-state index in [0.29, 0.717) is 23.8 Å². The SMILES string of the molecule is O=S(=O)(NCC1CCCCC1)c1ccc(CCO)cc1. The maximum Gasteiger partial charge on any atom is 0.240 e. The van der Waals surface area contributed by atoms with Gasteiger partial charge in [0, 0.05) is 13.2 Å². The zero-order chi connectivity index (χ0) is 14.4. The Kier molecular flexibility index (Phi) is 5.57. The maximum absolute atomic E-state index is 12.2. The Labute approximate surface area is 121 Å². The van der Waals surface area contributed by atoms with Gasteiger partial charge in [-0.2, -0.15) is 0 Å². The van der Waals surface area contributed by atoms with Crippen molar-refractivity contribution in [3.8, 4) is 0 Å². The van der Waals surface area contributed by atoms with Crippen LogP contribution >= 0.6 is 0 Å². The summed E-state index contributed by atoms with van der Waals surface area (Å²) in [5.41, 5.74) is 0.943. The summed E-state index contributed by atoms with van der Waals surface area (Å²) < 4.78 is 27.1. The lowest BCUT2D eigenvalue weighted by Crippen LogP contribution is -2.30. The van der Waals surface area contributed by atoms with Gasteiger partial charge in [0.15, 0.2) is 0 Å². The van der Waals surface area contributed by atoms with Crippen LogP contribution in [0, 0.1) is 5.92 Å². The van der Waals surface area contributed by atoms with Crippen LogP contribution in [-0.4, -0.2) is 26.7 Å². The number of hydrogen-bond donors (Lipinski definition) is 2. The second-order valence-electron chi connectivity index (χ2n) is 5.47. The van der Waals surface area contributed by atoms with Crippen molar-refractivity contribution >= 4 is 10.0 Å². The first-order valence-corrected chi connectivity index (χ1v) is 8.79. The van der Waals surface area contributed by atoms with Gasteiger partial charge in [0.25, 0.3) is 0 Å². The first kappa shape index (κ1) is 15.5. The van der Waals surface area contributed by atoms with Gasteiger partial charge in [-0.1, -0.05) is 31.4 Å². The lowest BCUT2D eigenvalue weighted by Gasteiger charge is -2.21. The number of rotatable bonds is 6. The van der Waals surface area contributed by atoms with Crippen LogP contribution in [0.25, 0.3) is 0 Å². The lowest BCUT2D eigenvalue weighted by molar-refractivity contribution is 0.299. The van der Waals surface area contributed by atoms with Crippen molar-refractivity contribution in [2.75, 3.05) is 13.2 Å². The standard InChI is InChI=1S/C15H23NO3S/c17-11-10-13-6-8-15(9-7-13)20(18,19)16-12-14-4-2-1-3-5-14/h6-9,14,16-17H,1-5,10-12H2. The lowest BCUT2D eigenvalue weighted by atomic mass is 9.90. The summed E-state index contributed by atoms with van der Waals surface area (Å²) >= 11 is 0. The molecule has 0 bridgehead atoms. The van der Waals surface area contributed by atoms with Gasteiger partial charge >= 0.3 is 0 Å². The van der Waals surface area contributed by atoms with Crippen LogP contribution in [0.1, 0.15) is 37.7 Å². The van der Waals surface area contributed by atoms with Crippen molar-refractivity contribution in [3.05, 3.63) is 29.8 Å². The molecule has 1 aromatic rings. The normalized spacial score (nSPS) is 17.2. The highest BCUT2D eigenvalue weighted by atomic mass is 32.2. The Balaban J connectivity index is 1.94. The Hall–Kier alpha value is -0.910. The Morgan fingerprint density at radius 1 is 1.10 bits per heavy atom. The molecule has 0 heterocycles. The largest absolute Gasteiger partial charge is 0.396 e. The summed E-state index contributed by atoms with van der Waals surface area (Å²) in [5.74, 6) is 0.479. The van der Waals surface area contributed by atoms with Gasteiger partial charge in [0.2, 0.25) is 10.0 Å². The fraction of sp³-hybridized carbons (Fsp3) is 0.600. The Bertz CT molecular complexity index is 504. The van der Waals surface area contributed by atoms with Gasteiger partial charge in [0.05, 0.1) is 4.90 Å². The molecule has 0 amide bonds.